The Morgan fingerprint density at radius 1 is 1.16 bits per heavy atom. The Hall–Kier alpha value is -4.34. The zero-order valence-electron chi connectivity index (χ0n) is 23.7. The second-order valence-corrected chi connectivity index (χ2v) is 10.8. The molecule has 3 aliphatic heterocycles. The van der Waals surface area contributed by atoms with Gasteiger partial charge in [-0.05, 0) is 30.0 Å². The Bertz CT molecular complexity index is 1570. The van der Waals surface area contributed by atoms with Crippen LogP contribution in [0, 0.1) is 17.1 Å². The van der Waals surface area contributed by atoms with Crippen LogP contribution in [0.25, 0.3) is 10.8 Å². The van der Waals surface area contributed by atoms with Crippen molar-refractivity contribution >= 4 is 28.2 Å². The lowest BCUT2D eigenvalue weighted by Crippen LogP contribution is -2.55. The first kappa shape index (κ1) is 28.8. The number of hydrogen-bond acceptors (Lipinski definition) is 9. The van der Waals surface area contributed by atoms with Gasteiger partial charge >= 0.3 is 6.01 Å². The molecule has 1 unspecified atom stereocenters. The highest BCUT2D eigenvalue weighted by Gasteiger charge is 2.35. The zero-order chi connectivity index (χ0) is 29.9. The van der Waals surface area contributed by atoms with Crippen LogP contribution >= 0.6 is 0 Å². The number of nitrogens with zero attached hydrogens (tertiary/aromatic N) is 6. The molecule has 1 amide bonds. The number of carbonyl (C=O) groups excluding carboxylic acids is 1. The quantitative estimate of drug-likeness (QED) is 0.382. The van der Waals surface area contributed by atoms with Crippen LogP contribution in [0.2, 0.25) is 0 Å². The number of amides is 1. The molecule has 0 saturated carbocycles. The molecule has 1 aromatic heterocycles. The van der Waals surface area contributed by atoms with E-state index >= 15 is 0 Å². The minimum atomic E-state index is -1.05. The average molecular weight is 591 g/mol. The van der Waals surface area contributed by atoms with Crippen molar-refractivity contribution in [1.82, 2.24) is 14.9 Å². The van der Waals surface area contributed by atoms with Gasteiger partial charge in [0, 0.05) is 42.8 Å². The lowest BCUT2D eigenvalue weighted by molar-refractivity contribution is -0.131. The van der Waals surface area contributed by atoms with Crippen LogP contribution in [-0.2, 0) is 27.2 Å². The lowest BCUT2D eigenvalue weighted by Gasteiger charge is -2.42. The minimum Gasteiger partial charge on any atom is -0.461 e. The minimum absolute atomic E-state index is 0.0383. The molecule has 0 radical (unpaired) electrons. The van der Waals surface area contributed by atoms with E-state index in [1.807, 2.05) is 23.1 Å². The third kappa shape index (κ3) is 6.09. The molecule has 2 aromatic carbocycles. The summed E-state index contributed by atoms with van der Waals surface area (Å²) in [4.78, 5) is 27.6. The first-order valence-corrected chi connectivity index (χ1v) is 14.3. The third-order valence-electron chi connectivity index (χ3n) is 8.07. The number of fused-ring (bicyclic) bond motifs is 2. The first-order chi connectivity index (χ1) is 20.9. The summed E-state index contributed by atoms with van der Waals surface area (Å²) in [6.07, 6.45) is 0.401. The number of hydrogen-bond donors (Lipinski definition) is 0. The molecular weight excluding hydrogens is 558 g/mol. The Labute approximate surface area is 248 Å². The molecule has 10 nitrogen and oxygen atoms in total. The summed E-state index contributed by atoms with van der Waals surface area (Å²) in [5, 5.41) is 11.2. The van der Waals surface area contributed by atoms with Gasteiger partial charge in [0.1, 0.15) is 24.3 Å². The number of aromatic nitrogens is 2. The van der Waals surface area contributed by atoms with Gasteiger partial charge in [0.15, 0.2) is 5.83 Å². The third-order valence-corrected chi connectivity index (χ3v) is 8.07. The fourth-order valence-corrected chi connectivity index (χ4v) is 5.98. The number of anilines is 2. The van der Waals surface area contributed by atoms with E-state index in [0.717, 1.165) is 27.7 Å². The van der Waals surface area contributed by atoms with E-state index in [0.29, 0.717) is 58.2 Å². The van der Waals surface area contributed by atoms with Gasteiger partial charge in [-0.1, -0.05) is 24.8 Å². The maximum absolute atomic E-state index is 14.2. The SMILES string of the molecule is C=C(F)C(=O)N1CCN(c2nc(OCC3COCCO3)nc3c2CCN(c2cccc4ccc(F)cc24)C3)C[C@@H]1CC#N. The molecule has 43 heavy (non-hydrogen) atoms. The molecule has 4 heterocycles. The van der Waals surface area contributed by atoms with Gasteiger partial charge < -0.3 is 28.9 Å². The second kappa shape index (κ2) is 12.5. The summed E-state index contributed by atoms with van der Waals surface area (Å²) in [6.45, 7) is 6.78. The Morgan fingerprint density at radius 2 is 2.05 bits per heavy atom. The molecule has 2 saturated heterocycles. The van der Waals surface area contributed by atoms with E-state index in [2.05, 4.69) is 17.5 Å². The summed E-state index contributed by atoms with van der Waals surface area (Å²) in [7, 11) is 0. The molecule has 0 N–H and O–H groups in total. The maximum atomic E-state index is 14.2. The van der Waals surface area contributed by atoms with E-state index < -0.39 is 17.8 Å². The molecule has 3 aromatic rings. The van der Waals surface area contributed by atoms with Crippen molar-refractivity contribution in [3.05, 3.63) is 65.9 Å². The number of halogens is 2. The molecule has 3 aliphatic rings. The number of benzene rings is 2. The molecule has 0 aliphatic carbocycles. The van der Waals surface area contributed by atoms with E-state index in [1.54, 1.807) is 12.1 Å². The van der Waals surface area contributed by atoms with Gasteiger partial charge in [0.25, 0.3) is 5.91 Å². The van der Waals surface area contributed by atoms with Crippen LogP contribution in [0.4, 0.5) is 20.3 Å². The standard InChI is InChI=1S/C31H32F2N6O4/c1-20(32)30(40)39-12-11-38(16-23(39)7-9-34)29-25-8-10-37(28-4-2-3-21-5-6-22(33)15-26(21)28)17-27(25)35-31(36-29)43-19-24-18-41-13-14-42-24/h2-6,15,23-24H,1,7-8,10-14,16-19H2/t23-,24?/m0/s1. The topological polar surface area (TPSA) is 104 Å². The smallest absolute Gasteiger partial charge is 0.318 e. The predicted molar refractivity (Wildman–Crippen MR) is 155 cm³/mol. The molecule has 0 spiro atoms. The van der Waals surface area contributed by atoms with Crippen molar-refractivity contribution in [3.8, 4) is 12.1 Å². The van der Waals surface area contributed by atoms with Crippen molar-refractivity contribution in [2.24, 2.45) is 0 Å². The Balaban J connectivity index is 1.32. The first-order valence-electron chi connectivity index (χ1n) is 14.3. The summed E-state index contributed by atoms with van der Waals surface area (Å²) in [5.74, 6) is -1.48. The van der Waals surface area contributed by atoms with Crippen LogP contribution in [0.15, 0.2) is 48.8 Å². The fourth-order valence-electron chi connectivity index (χ4n) is 5.98. The largest absolute Gasteiger partial charge is 0.461 e. The molecular formula is C31H32F2N6O4. The van der Waals surface area contributed by atoms with Crippen molar-refractivity contribution < 1.29 is 27.8 Å². The van der Waals surface area contributed by atoms with Gasteiger partial charge in [-0.25, -0.2) is 8.78 Å². The van der Waals surface area contributed by atoms with Crippen LogP contribution in [0.1, 0.15) is 17.7 Å². The average Bonchev–Trinajstić information content (AvgIpc) is 3.03. The molecule has 6 rings (SSSR count). The summed E-state index contributed by atoms with van der Waals surface area (Å²) in [5.41, 5.74) is 2.62. The maximum Gasteiger partial charge on any atom is 0.318 e. The number of rotatable bonds is 7. The highest BCUT2D eigenvalue weighted by Crippen LogP contribution is 2.35. The number of ether oxygens (including phenoxy) is 3. The second-order valence-electron chi connectivity index (χ2n) is 10.8. The van der Waals surface area contributed by atoms with Gasteiger partial charge in [0.2, 0.25) is 0 Å². The van der Waals surface area contributed by atoms with Gasteiger partial charge in [-0.15, -0.1) is 0 Å². The molecule has 2 atom stereocenters. The fraction of sp³-hybridized carbons (Fsp3) is 0.419. The number of carbonyl (C=O) groups is 1. The molecule has 224 valence electrons. The lowest BCUT2D eigenvalue weighted by atomic mass is 10.0. The van der Waals surface area contributed by atoms with Gasteiger partial charge in [-0.2, -0.15) is 15.2 Å². The Morgan fingerprint density at radius 3 is 2.84 bits per heavy atom. The monoisotopic (exact) mass is 590 g/mol. The van der Waals surface area contributed by atoms with E-state index in [4.69, 9.17) is 24.2 Å². The van der Waals surface area contributed by atoms with Crippen LogP contribution in [0.3, 0.4) is 0 Å². The molecule has 0 bridgehead atoms. The van der Waals surface area contributed by atoms with Crippen LogP contribution in [-0.4, -0.2) is 85.5 Å². The molecule has 12 heteroatoms. The van der Waals surface area contributed by atoms with Crippen molar-refractivity contribution in [3.63, 3.8) is 0 Å². The summed E-state index contributed by atoms with van der Waals surface area (Å²) >= 11 is 0. The highest BCUT2D eigenvalue weighted by molar-refractivity contribution is 5.94. The van der Waals surface area contributed by atoms with Gasteiger partial charge in [-0.3, -0.25) is 4.79 Å². The van der Waals surface area contributed by atoms with Crippen molar-refractivity contribution in [2.45, 2.75) is 31.5 Å². The van der Waals surface area contributed by atoms with E-state index in [9.17, 15) is 18.8 Å². The van der Waals surface area contributed by atoms with Crippen LogP contribution in [0.5, 0.6) is 6.01 Å². The van der Waals surface area contributed by atoms with Gasteiger partial charge in [0.05, 0.1) is 50.6 Å². The van der Waals surface area contributed by atoms with E-state index in [1.165, 1.54) is 11.0 Å². The normalized spacial score (nSPS) is 20.4. The predicted octanol–water partition coefficient (Wildman–Crippen LogP) is 3.54. The van der Waals surface area contributed by atoms with E-state index in [-0.39, 0.29) is 37.5 Å². The zero-order valence-corrected chi connectivity index (χ0v) is 23.7. The van der Waals surface area contributed by atoms with Crippen molar-refractivity contribution in [1.29, 1.82) is 5.26 Å². The van der Waals surface area contributed by atoms with Crippen LogP contribution < -0.4 is 14.5 Å². The summed E-state index contributed by atoms with van der Waals surface area (Å²) in [6, 6.07) is 12.4. The highest BCUT2D eigenvalue weighted by atomic mass is 19.1. The van der Waals surface area contributed by atoms with Crippen molar-refractivity contribution in [2.75, 3.05) is 62.4 Å². The summed E-state index contributed by atoms with van der Waals surface area (Å²) < 4.78 is 45.2. The number of piperazine rings is 1. The molecule has 2 fully saturated rings. The number of nitriles is 1. The Kier molecular flexibility index (Phi) is 8.35.